The van der Waals surface area contributed by atoms with Crippen molar-refractivity contribution in [1.82, 2.24) is 19.9 Å². The van der Waals surface area contributed by atoms with Crippen LogP contribution in [0.15, 0.2) is 65.7 Å². The molecule has 1 aliphatic heterocycles. The molecular formula is C29H29ClFN5O4S. The van der Waals surface area contributed by atoms with Gasteiger partial charge in [-0.25, -0.2) is 13.9 Å². The maximum absolute atomic E-state index is 13.3. The van der Waals surface area contributed by atoms with Crippen molar-refractivity contribution in [2.75, 3.05) is 18.5 Å². The van der Waals surface area contributed by atoms with E-state index >= 15 is 0 Å². The molecule has 1 saturated heterocycles. The maximum Gasteiger partial charge on any atom is 0.290 e. The predicted octanol–water partition coefficient (Wildman–Crippen LogP) is 6.17. The van der Waals surface area contributed by atoms with Gasteiger partial charge in [-0.1, -0.05) is 37.6 Å². The highest BCUT2D eigenvalue weighted by molar-refractivity contribution is 8.18. The van der Waals surface area contributed by atoms with Crippen molar-refractivity contribution in [3.05, 3.63) is 82.1 Å². The van der Waals surface area contributed by atoms with Gasteiger partial charge in [-0.2, -0.15) is 0 Å². The number of rotatable bonds is 9. The number of imidazole rings is 1. The Morgan fingerprint density at radius 2 is 1.95 bits per heavy atom. The molecule has 5 rings (SSSR count). The van der Waals surface area contributed by atoms with Gasteiger partial charge in [0.25, 0.3) is 11.1 Å². The molecule has 41 heavy (non-hydrogen) atoms. The van der Waals surface area contributed by atoms with Crippen molar-refractivity contribution in [3.63, 3.8) is 0 Å². The van der Waals surface area contributed by atoms with Gasteiger partial charge >= 0.3 is 0 Å². The molecular weight excluding hydrogens is 569 g/mol. The van der Waals surface area contributed by atoms with Crippen LogP contribution in [0, 0.1) is 5.82 Å². The van der Waals surface area contributed by atoms with E-state index in [0.29, 0.717) is 28.7 Å². The van der Waals surface area contributed by atoms with Crippen molar-refractivity contribution in [2.45, 2.75) is 32.7 Å². The summed E-state index contributed by atoms with van der Waals surface area (Å²) >= 11 is 6.77. The molecule has 0 bridgehead atoms. The predicted molar refractivity (Wildman–Crippen MR) is 160 cm³/mol. The summed E-state index contributed by atoms with van der Waals surface area (Å²) in [5, 5.41) is 18.9. The van der Waals surface area contributed by atoms with Crippen LogP contribution >= 0.6 is 23.4 Å². The van der Waals surface area contributed by atoms with E-state index in [0.717, 1.165) is 41.5 Å². The van der Waals surface area contributed by atoms with Crippen LogP contribution in [0.5, 0.6) is 5.75 Å². The van der Waals surface area contributed by atoms with Gasteiger partial charge in [0.05, 0.1) is 41.1 Å². The lowest BCUT2D eigenvalue weighted by molar-refractivity contribution is -0.115. The molecule has 3 heterocycles. The fourth-order valence-corrected chi connectivity index (χ4v) is 4.60. The van der Waals surface area contributed by atoms with Gasteiger partial charge in [0.15, 0.2) is 5.65 Å². The summed E-state index contributed by atoms with van der Waals surface area (Å²) in [7, 11) is 0. The quantitative estimate of drug-likeness (QED) is 0.196. The minimum Gasteiger partial charge on any atom is -0.494 e. The molecule has 1 atom stereocenters. The number of imide groups is 1. The van der Waals surface area contributed by atoms with Crippen molar-refractivity contribution < 1.29 is 23.8 Å². The average molecular weight is 598 g/mol. The molecule has 1 unspecified atom stereocenters. The maximum atomic E-state index is 13.3. The zero-order valence-electron chi connectivity index (χ0n) is 22.4. The molecule has 2 aromatic heterocycles. The largest absolute Gasteiger partial charge is 0.494 e. The normalized spacial score (nSPS) is 14.5. The molecule has 2 amide bonds. The first kappa shape index (κ1) is 30.0. The molecule has 214 valence electrons. The van der Waals surface area contributed by atoms with E-state index < -0.39 is 5.82 Å². The standard InChI is InChI=1S/C16H16ClFN4O.C13H13NO3S/c1-2-11(9-23)20-15-5-6-16-19-8-14(22(16)21-15)10-3-4-13(18)12(17)7-10;1-2-7-17-10-5-3-9(4-6-10)8-11-12(15)14-13(16)18-11/h3-8,11,23H,2,9H2,1H3,(H,20,21);3-6,8H,2,7H2,1H3,(H,14,15,16)/b;11-8-. The molecule has 0 saturated carbocycles. The van der Waals surface area contributed by atoms with Crippen molar-refractivity contribution in [3.8, 4) is 17.0 Å². The average Bonchev–Trinajstić information content (AvgIpc) is 3.54. The van der Waals surface area contributed by atoms with Crippen molar-refractivity contribution in [2.24, 2.45) is 0 Å². The number of amides is 2. The summed E-state index contributed by atoms with van der Waals surface area (Å²) in [6, 6.07) is 15.5. The minimum atomic E-state index is -0.465. The Labute approximate surface area is 245 Å². The molecule has 3 N–H and O–H groups in total. The molecule has 0 radical (unpaired) electrons. The number of hydrogen-bond acceptors (Lipinski definition) is 8. The number of benzene rings is 2. The highest BCUT2D eigenvalue weighted by atomic mass is 35.5. The molecule has 4 aromatic rings. The smallest absolute Gasteiger partial charge is 0.290 e. The number of halogens is 2. The first-order valence-corrected chi connectivity index (χ1v) is 14.2. The van der Waals surface area contributed by atoms with Crippen molar-refractivity contribution in [1.29, 1.82) is 0 Å². The summed E-state index contributed by atoms with van der Waals surface area (Å²) in [4.78, 5) is 27.1. The number of carbonyl (C=O) groups excluding carboxylic acids is 2. The van der Waals surface area contributed by atoms with E-state index in [1.807, 2.05) is 50.2 Å². The Hall–Kier alpha value is -3.93. The summed E-state index contributed by atoms with van der Waals surface area (Å²) in [5.41, 5.74) is 2.97. The lowest BCUT2D eigenvalue weighted by Gasteiger charge is -2.14. The van der Waals surface area contributed by atoms with Crippen LogP contribution in [0.3, 0.4) is 0 Å². The van der Waals surface area contributed by atoms with Crippen LogP contribution < -0.4 is 15.4 Å². The third kappa shape index (κ3) is 7.84. The lowest BCUT2D eigenvalue weighted by atomic mass is 10.2. The number of carbonyl (C=O) groups is 2. The van der Waals surface area contributed by atoms with Crippen molar-refractivity contribution >= 4 is 52.1 Å². The first-order valence-electron chi connectivity index (χ1n) is 13.0. The summed E-state index contributed by atoms with van der Waals surface area (Å²) in [6.07, 6.45) is 5.10. The highest BCUT2D eigenvalue weighted by Crippen LogP contribution is 2.27. The van der Waals surface area contributed by atoms with E-state index in [4.69, 9.17) is 16.3 Å². The second kappa shape index (κ2) is 14.1. The summed E-state index contributed by atoms with van der Waals surface area (Å²) < 4.78 is 20.5. The van der Waals surface area contributed by atoms with E-state index in [1.54, 1.807) is 28.9 Å². The fourth-order valence-electron chi connectivity index (χ4n) is 3.74. The molecule has 9 nitrogen and oxygen atoms in total. The van der Waals surface area contributed by atoms with Crippen LogP contribution in [0.1, 0.15) is 32.3 Å². The number of aliphatic hydroxyl groups is 1. The fraction of sp³-hybridized carbons (Fsp3) is 0.241. The number of hydrogen-bond donors (Lipinski definition) is 3. The van der Waals surface area contributed by atoms with Gasteiger partial charge in [-0.15, -0.1) is 5.10 Å². The van der Waals surface area contributed by atoms with Crippen LogP contribution in [0.4, 0.5) is 15.0 Å². The molecule has 0 spiro atoms. The molecule has 1 fully saturated rings. The Balaban J connectivity index is 0.000000195. The van der Waals surface area contributed by atoms with E-state index in [9.17, 15) is 19.1 Å². The molecule has 12 heteroatoms. The monoisotopic (exact) mass is 597 g/mol. The zero-order valence-corrected chi connectivity index (χ0v) is 24.0. The van der Waals surface area contributed by atoms with Crippen LogP contribution in [0.2, 0.25) is 5.02 Å². The van der Waals surface area contributed by atoms with Gasteiger partial charge in [-0.3, -0.25) is 14.9 Å². The minimum absolute atomic E-state index is 0.0283. The van der Waals surface area contributed by atoms with Gasteiger partial charge in [0, 0.05) is 5.56 Å². The molecule has 1 aliphatic rings. The number of thioether (sulfide) groups is 1. The SMILES string of the molecule is CCC(CO)Nc1ccc2ncc(-c3ccc(F)c(Cl)c3)n2n1.CCCOc1ccc(/C=C2\SC(=O)NC2=O)cc1. The number of nitrogens with zero attached hydrogens (tertiary/aromatic N) is 3. The molecule has 0 aliphatic carbocycles. The Morgan fingerprint density at radius 1 is 1.17 bits per heavy atom. The Kier molecular flexibility index (Phi) is 10.3. The third-order valence-corrected chi connectivity index (χ3v) is 7.04. The zero-order chi connectivity index (χ0) is 29.4. The number of nitrogens with one attached hydrogen (secondary N) is 2. The van der Waals surface area contributed by atoms with Crippen LogP contribution in [-0.2, 0) is 4.79 Å². The summed E-state index contributed by atoms with van der Waals surface area (Å²) in [6.45, 7) is 4.75. The Morgan fingerprint density at radius 3 is 2.59 bits per heavy atom. The van der Waals surface area contributed by atoms with Gasteiger partial charge in [0.1, 0.15) is 17.4 Å². The van der Waals surface area contributed by atoms with E-state index in [-0.39, 0.29) is 28.8 Å². The number of aromatic nitrogens is 3. The highest BCUT2D eigenvalue weighted by Gasteiger charge is 2.24. The number of ether oxygens (including phenoxy) is 1. The second-order valence-corrected chi connectivity index (χ2v) is 10.4. The number of anilines is 1. The second-order valence-electron chi connectivity index (χ2n) is 8.96. The summed E-state index contributed by atoms with van der Waals surface area (Å²) in [5.74, 6) is 0.633. The van der Waals surface area contributed by atoms with Crippen LogP contribution in [0.25, 0.3) is 23.0 Å². The van der Waals surface area contributed by atoms with E-state index in [2.05, 4.69) is 20.7 Å². The molecule has 2 aromatic carbocycles. The first-order chi connectivity index (χ1) is 19.8. The number of aliphatic hydroxyl groups excluding tert-OH is 1. The van der Waals surface area contributed by atoms with E-state index in [1.165, 1.54) is 6.07 Å². The third-order valence-electron chi connectivity index (χ3n) is 5.94. The Bertz CT molecular complexity index is 1560. The van der Waals surface area contributed by atoms with Crippen LogP contribution in [-0.4, -0.2) is 50.1 Å². The van der Waals surface area contributed by atoms with Gasteiger partial charge in [-0.05, 0) is 78.7 Å². The topological polar surface area (TPSA) is 118 Å². The number of fused-ring (bicyclic) bond motifs is 1. The van der Waals surface area contributed by atoms with Gasteiger partial charge < -0.3 is 15.2 Å². The lowest BCUT2D eigenvalue weighted by Crippen LogP contribution is -2.23. The van der Waals surface area contributed by atoms with Gasteiger partial charge in [0.2, 0.25) is 0 Å².